The number of rotatable bonds is 5. The van der Waals surface area contributed by atoms with Gasteiger partial charge in [0.1, 0.15) is 10.8 Å². The number of halogens is 1. The van der Waals surface area contributed by atoms with Crippen molar-refractivity contribution < 1.29 is 17.9 Å². The molecule has 9 nitrogen and oxygen atoms in total. The van der Waals surface area contributed by atoms with Crippen LogP contribution in [0.15, 0.2) is 0 Å². The molecule has 0 radical (unpaired) electrons. The van der Waals surface area contributed by atoms with E-state index in [1.807, 2.05) is 4.90 Å². The lowest BCUT2D eigenvalue weighted by atomic mass is 9.97. The Morgan fingerprint density at radius 1 is 1.13 bits per heavy atom. The standard InChI is InChI=1S/C19H30ClN5O4S/c1-13-16(21-19(29-3)22-17(13)20)18(26)25-11-7-15(8-12-25)24-9-5-14(6-10-24)23(2)30(4,27)28/h14-15H,5-12H2,1-4H3. The van der Waals surface area contributed by atoms with Gasteiger partial charge in [0.25, 0.3) is 5.91 Å². The normalized spacial score (nSPS) is 20.0. The molecule has 1 aromatic heterocycles. The van der Waals surface area contributed by atoms with Gasteiger partial charge in [-0.2, -0.15) is 9.97 Å². The van der Waals surface area contributed by atoms with Crippen molar-refractivity contribution in [3.05, 3.63) is 16.4 Å². The van der Waals surface area contributed by atoms with E-state index in [0.29, 0.717) is 24.7 Å². The van der Waals surface area contributed by atoms with Crippen LogP contribution in [0.3, 0.4) is 0 Å². The second kappa shape index (κ2) is 9.33. The van der Waals surface area contributed by atoms with E-state index < -0.39 is 10.0 Å². The zero-order valence-corrected chi connectivity index (χ0v) is 19.5. The summed E-state index contributed by atoms with van der Waals surface area (Å²) >= 11 is 6.12. The maximum Gasteiger partial charge on any atom is 0.318 e. The first-order valence-electron chi connectivity index (χ1n) is 10.2. The molecule has 0 atom stereocenters. The van der Waals surface area contributed by atoms with Gasteiger partial charge in [-0.15, -0.1) is 0 Å². The van der Waals surface area contributed by atoms with Crippen molar-refractivity contribution in [2.45, 2.75) is 44.7 Å². The minimum atomic E-state index is -3.16. The van der Waals surface area contributed by atoms with Crippen LogP contribution < -0.4 is 4.74 Å². The largest absolute Gasteiger partial charge is 0.467 e. The van der Waals surface area contributed by atoms with E-state index in [-0.39, 0.29) is 28.8 Å². The van der Waals surface area contributed by atoms with Crippen LogP contribution in [0.5, 0.6) is 6.01 Å². The number of ether oxygens (including phenoxy) is 1. The smallest absolute Gasteiger partial charge is 0.318 e. The van der Waals surface area contributed by atoms with Crippen LogP contribution in [-0.4, -0.2) is 97.1 Å². The molecule has 0 N–H and O–H groups in total. The van der Waals surface area contributed by atoms with E-state index in [4.69, 9.17) is 16.3 Å². The van der Waals surface area contributed by atoms with Crippen molar-refractivity contribution >= 4 is 27.5 Å². The number of likely N-dealkylation sites (tertiary alicyclic amines) is 2. The lowest BCUT2D eigenvalue weighted by Gasteiger charge is -2.43. The van der Waals surface area contributed by atoms with E-state index in [2.05, 4.69) is 14.9 Å². The molecule has 3 heterocycles. The first-order valence-corrected chi connectivity index (χ1v) is 12.4. The van der Waals surface area contributed by atoms with E-state index in [1.165, 1.54) is 17.7 Å². The first kappa shape index (κ1) is 23.2. The fraction of sp³-hybridized carbons (Fsp3) is 0.737. The Hall–Kier alpha value is -1.49. The molecule has 2 saturated heterocycles. The number of methoxy groups -OCH3 is 1. The Labute approximate surface area is 183 Å². The van der Waals surface area contributed by atoms with Crippen LogP contribution in [0.2, 0.25) is 5.15 Å². The van der Waals surface area contributed by atoms with Gasteiger partial charge in [0.2, 0.25) is 10.0 Å². The average Bonchev–Trinajstić information content (AvgIpc) is 2.74. The van der Waals surface area contributed by atoms with Gasteiger partial charge in [-0.3, -0.25) is 4.79 Å². The van der Waals surface area contributed by atoms with Gasteiger partial charge >= 0.3 is 6.01 Å². The van der Waals surface area contributed by atoms with Crippen LogP contribution in [0.1, 0.15) is 41.7 Å². The monoisotopic (exact) mass is 459 g/mol. The Balaban J connectivity index is 1.56. The summed E-state index contributed by atoms with van der Waals surface area (Å²) in [5.41, 5.74) is 0.844. The molecule has 0 aromatic carbocycles. The molecule has 168 valence electrons. The molecule has 1 aromatic rings. The molecule has 11 heteroatoms. The van der Waals surface area contributed by atoms with Gasteiger partial charge in [0, 0.05) is 37.8 Å². The second-order valence-corrected chi connectivity index (χ2v) is 10.4. The fourth-order valence-corrected chi connectivity index (χ4v) is 5.15. The predicted octanol–water partition coefficient (Wildman–Crippen LogP) is 1.41. The Bertz CT molecular complexity index is 881. The SMILES string of the molecule is COc1nc(Cl)c(C)c(C(=O)N2CCC(N3CCC(N(C)S(C)(=O)=O)CC3)CC2)n1. The van der Waals surface area contributed by atoms with Crippen molar-refractivity contribution in [1.82, 2.24) is 24.1 Å². The minimum absolute atomic E-state index is 0.0679. The number of hydrogen-bond donors (Lipinski definition) is 0. The van der Waals surface area contributed by atoms with Gasteiger partial charge in [-0.05, 0) is 45.7 Å². The predicted molar refractivity (Wildman–Crippen MR) is 114 cm³/mol. The highest BCUT2D eigenvalue weighted by molar-refractivity contribution is 7.88. The maximum absolute atomic E-state index is 13.0. The highest BCUT2D eigenvalue weighted by atomic mass is 35.5. The fourth-order valence-electron chi connectivity index (χ4n) is 4.24. The third-order valence-electron chi connectivity index (χ3n) is 6.26. The maximum atomic E-state index is 13.0. The quantitative estimate of drug-likeness (QED) is 0.614. The molecule has 1 amide bonds. The van der Waals surface area contributed by atoms with E-state index >= 15 is 0 Å². The third kappa shape index (κ3) is 5.04. The molecular weight excluding hydrogens is 430 g/mol. The van der Waals surface area contributed by atoms with Gasteiger partial charge in [0.15, 0.2) is 0 Å². The summed E-state index contributed by atoms with van der Waals surface area (Å²) in [6.07, 6.45) is 4.69. The molecular formula is C19H30ClN5O4S. The Morgan fingerprint density at radius 2 is 1.73 bits per heavy atom. The summed E-state index contributed by atoms with van der Waals surface area (Å²) in [5, 5.41) is 0.224. The summed E-state index contributed by atoms with van der Waals surface area (Å²) in [4.78, 5) is 25.4. The molecule has 0 saturated carbocycles. The molecule has 3 rings (SSSR count). The summed E-state index contributed by atoms with van der Waals surface area (Å²) in [6.45, 7) is 4.79. The van der Waals surface area contributed by atoms with Gasteiger partial charge in [-0.1, -0.05) is 11.6 Å². The van der Waals surface area contributed by atoms with Gasteiger partial charge in [0.05, 0.1) is 13.4 Å². The van der Waals surface area contributed by atoms with Crippen molar-refractivity contribution in [2.24, 2.45) is 0 Å². The second-order valence-electron chi connectivity index (χ2n) is 8.04. The van der Waals surface area contributed by atoms with Crippen LogP contribution >= 0.6 is 11.6 Å². The third-order valence-corrected chi connectivity index (χ3v) is 7.97. The molecule has 2 aliphatic rings. The van der Waals surface area contributed by atoms with Crippen molar-refractivity contribution in [1.29, 1.82) is 0 Å². The summed E-state index contributed by atoms with van der Waals surface area (Å²) < 4.78 is 30.1. The number of piperidine rings is 2. The number of hydrogen-bond acceptors (Lipinski definition) is 7. The van der Waals surface area contributed by atoms with Crippen LogP contribution in [0.25, 0.3) is 0 Å². The molecule has 2 aliphatic heterocycles. The lowest BCUT2D eigenvalue weighted by Crippen LogP contribution is -2.52. The molecule has 30 heavy (non-hydrogen) atoms. The Kier molecular flexibility index (Phi) is 7.21. The van der Waals surface area contributed by atoms with Gasteiger partial charge < -0.3 is 14.5 Å². The number of carbonyl (C=O) groups excluding carboxylic acids is 1. The first-order chi connectivity index (χ1) is 14.1. The summed E-state index contributed by atoms with van der Waals surface area (Å²) in [6, 6.07) is 0.562. The number of aromatic nitrogens is 2. The number of amides is 1. The molecule has 0 aliphatic carbocycles. The van der Waals surface area contributed by atoms with Crippen molar-refractivity contribution in [3.8, 4) is 6.01 Å². The highest BCUT2D eigenvalue weighted by Gasteiger charge is 2.33. The van der Waals surface area contributed by atoms with Gasteiger partial charge in [-0.25, -0.2) is 12.7 Å². The van der Waals surface area contributed by atoms with Crippen LogP contribution in [0.4, 0.5) is 0 Å². The molecule has 0 unspecified atom stereocenters. The highest BCUT2D eigenvalue weighted by Crippen LogP contribution is 2.26. The van der Waals surface area contributed by atoms with E-state index in [1.54, 1.807) is 14.0 Å². The molecule has 0 spiro atoms. The average molecular weight is 460 g/mol. The molecule has 2 fully saturated rings. The topological polar surface area (TPSA) is 95.9 Å². The zero-order chi connectivity index (χ0) is 22.1. The van der Waals surface area contributed by atoms with Crippen molar-refractivity contribution in [2.75, 3.05) is 46.6 Å². The number of carbonyl (C=O) groups is 1. The minimum Gasteiger partial charge on any atom is -0.467 e. The number of nitrogens with zero attached hydrogens (tertiary/aromatic N) is 5. The molecule has 0 bridgehead atoms. The van der Waals surface area contributed by atoms with E-state index in [0.717, 1.165) is 38.8 Å². The van der Waals surface area contributed by atoms with Crippen LogP contribution in [0, 0.1) is 6.92 Å². The lowest BCUT2D eigenvalue weighted by molar-refractivity contribution is 0.0541. The number of sulfonamides is 1. The zero-order valence-electron chi connectivity index (χ0n) is 18.0. The summed E-state index contributed by atoms with van der Waals surface area (Å²) in [7, 11) is -0.0528. The van der Waals surface area contributed by atoms with E-state index in [9.17, 15) is 13.2 Å². The summed E-state index contributed by atoms with van der Waals surface area (Å²) in [5.74, 6) is -0.151. The van der Waals surface area contributed by atoms with Crippen LogP contribution in [-0.2, 0) is 10.0 Å². The Morgan fingerprint density at radius 3 is 2.27 bits per heavy atom. The van der Waals surface area contributed by atoms with Crippen molar-refractivity contribution in [3.63, 3.8) is 0 Å².